The van der Waals surface area contributed by atoms with Crippen LogP contribution in [0.2, 0.25) is 0 Å². The van der Waals surface area contributed by atoms with Crippen LogP contribution in [0.25, 0.3) is 0 Å². The monoisotopic (exact) mass is 575 g/mol. The highest BCUT2D eigenvalue weighted by Crippen LogP contribution is 2.40. The molecule has 0 saturated carbocycles. The molecule has 1 aliphatic heterocycles. The molecule has 184 valence electrons. The molecule has 2 aromatic carbocycles. The maximum Gasteiger partial charge on any atom is 0.257 e. The first-order valence-corrected chi connectivity index (χ1v) is 13.2. The lowest BCUT2D eigenvalue weighted by Crippen LogP contribution is -2.61. The van der Waals surface area contributed by atoms with Gasteiger partial charge in [0, 0.05) is 23.5 Å². The van der Waals surface area contributed by atoms with Gasteiger partial charge in [-0.15, -0.1) is 11.3 Å². The van der Waals surface area contributed by atoms with Gasteiger partial charge in [-0.25, -0.2) is 4.98 Å². The molecule has 3 aromatic rings. The summed E-state index contributed by atoms with van der Waals surface area (Å²) in [6.45, 7) is 0.984. The van der Waals surface area contributed by atoms with E-state index in [2.05, 4.69) is 31.5 Å². The average Bonchev–Trinajstić information content (AvgIpc) is 3.32. The summed E-state index contributed by atoms with van der Waals surface area (Å²) in [5, 5.41) is 19.1. The first kappa shape index (κ1) is 25.9. The highest BCUT2D eigenvalue weighted by molar-refractivity contribution is 9.10. The number of benzene rings is 2. The highest BCUT2D eigenvalue weighted by Gasteiger charge is 2.48. The molecule has 7 nitrogen and oxygen atoms in total. The zero-order valence-corrected chi connectivity index (χ0v) is 22.1. The molecule has 0 spiro atoms. The molecule has 0 unspecified atom stereocenters. The summed E-state index contributed by atoms with van der Waals surface area (Å²) >= 11 is 10.4. The number of hydrogen-bond donors (Lipinski definition) is 3. The average molecular weight is 577 g/mol. The van der Waals surface area contributed by atoms with Crippen molar-refractivity contribution in [1.29, 1.82) is 0 Å². The molecule has 3 atom stereocenters. The fourth-order valence-corrected chi connectivity index (χ4v) is 5.82. The van der Waals surface area contributed by atoms with Gasteiger partial charge in [-0.2, -0.15) is 0 Å². The third-order valence-electron chi connectivity index (χ3n) is 5.88. The molecule has 0 bridgehead atoms. The van der Waals surface area contributed by atoms with Crippen LogP contribution in [0.5, 0.6) is 0 Å². The van der Waals surface area contributed by atoms with Gasteiger partial charge in [-0.3, -0.25) is 10.1 Å². The first-order valence-electron chi connectivity index (χ1n) is 11.1. The van der Waals surface area contributed by atoms with Gasteiger partial charge in [-0.05, 0) is 52.3 Å². The summed E-state index contributed by atoms with van der Waals surface area (Å²) < 4.78 is 12.8. The van der Waals surface area contributed by atoms with Crippen molar-refractivity contribution < 1.29 is 19.4 Å². The van der Waals surface area contributed by atoms with E-state index in [-0.39, 0.29) is 36.3 Å². The Kier molecular flexibility index (Phi) is 8.99. The van der Waals surface area contributed by atoms with E-state index in [1.165, 1.54) is 11.3 Å². The molecule has 4 rings (SSSR count). The summed E-state index contributed by atoms with van der Waals surface area (Å²) in [6.07, 6.45) is 0.340. The number of aromatic nitrogens is 1. The molecule has 1 amide bonds. The van der Waals surface area contributed by atoms with Crippen molar-refractivity contribution in [2.45, 2.75) is 24.7 Å². The van der Waals surface area contributed by atoms with E-state index in [0.717, 1.165) is 5.56 Å². The summed E-state index contributed by atoms with van der Waals surface area (Å²) in [5.41, 5.74) is 0.685. The largest absolute Gasteiger partial charge is 0.396 e. The standard InChI is InChI=1S/C25H26BrN3O4S2/c26-21-15-35-23(27-21)25(29-24(34)28-22(31)18-9-5-2-6-10-18)16-33-20(11-19(25)12-30)14-32-13-17-7-3-1-4-8-17/h1-10,15,19-20,30H,11-14,16H2,(H2,28,29,31,34)/t19-,20+,25-/m0/s1. The van der Waals surface area contributed by atoms with Crippen molar-refractivity contribution in [3.63, 3.8) is 0 Å². The molecule has 10 heteroatoms. The van der Waals surface area contributed by atoms with Gasteiger partial charge in [0.1, 0.15) is 15.1 Å². The molecule has 35 heavy (non-hydrogen) atoms. The number of rotatable bonds is 8. The van der Waals surface area contributed by atoms with Crippen LogP contribution in [0, 0.1) is 5.92 Å². The predicted molar refractivity (Wildman–Crippen MR) is 142 cm³/mol. The number of thiocarbonyl (C=S) groups is 1. The number of nitrogens with zero attached hydrogens (tertiary/aromatic N) is 1. The Morgan fingerprint density at radius 3 is 2.60 bits per heavy atom. The number of nitrogens with one attached hydrogen (secondary N) is 2. The van der Waals surface area contributed by atoms with Gasteiger partial charge in [0.25, 0.3) is 5.91 Å². The minimum absolute atomic E-state index is 0.113. The van der Waals surface area contributed by atoms with E-state index < -0.39 is 5.54 Å². The number of carbonyl (C=O) groups is 1. The van der Waals surface area contributed by atoms with Crippen LogP contribution >= 0.6 is 39.5 Å². The predicted octanol–water partition coefficient (Wildman–Crippen LogP) is 4.02. The van der Waals surface area contributed by atoms with Crippen LogP contribution in [-0.4, -0.2) is 47.0 Å². The third kappa shape index (κ3) is 6.52. The van der Waals surface area contributed by atoms with E-state index in [0.29, 0.717) is 34.8 Å². The zero-order chi connectivity index (χ0) is 24.7. The number of aliphatic hydroxyl groups excluding tert-OH is 1. The van der Waals surface area contributed by atoms with Gasteiger partial charge in [0.2, 0.25) is 0 Å². The lowest BCUT2D eigenvalue weighted by molar-refractivity contribution is -0.111. The van der Waals surface area contributed by atoms with Crippen LogP contribution in [0.15, 0.2) is 70.6 Å². The smallest absolute Gasteiger partial charge is 0.257 e. The fourth-order valence-electron chi connectivity index (χ4n) is 4.07. The van der Waals surface area contributed by atoms with Crippen molar-refractivity contribution in [2.75, 3.05) is 19.8 Å². The Bertz CT molecular complexity index is 1130. The Morgan fingerprint density at radius 2 is 1.94 bits per heavy atom. The molecule has 2 heterocycles. The lowest BCUT2D eigenvalue weighted by Gasteiger charge is -2.45. The topological polar surface area (TPSA) is 92.7 Å². The molecule has 1 aromatic heterocycles. The molecular weight excluding hydrogens is 550 g/mol. The quantitative estimate of drug-likeness (QED) is 0.349. The first-order chi connectivity index (χ1) is 17.0. The number of carbonyl (C=O) groups excluding carboxylic acids is 1. The zero-order valence-electron chi connectivity index (χ0n) is 18.9. The van der Waals surface area contributed by atoms with E-state index >= 15 is 0 Å². The summed E-state index contributed by atoms with van der Waals surface area (Å²) in [7, 11) is 0. The SMILES string of the molecule is O=C(NC(=S)N[C@@]1(c2nc(Br)cs2)CO[C@@H](COCc2ccccc2)C[C@H]1CO)c1ccccc1. The minimum Gasteiger partial charge on any atom is -0.396 e. The normalized spacial score (nSPS) is 21.9. The minimum atomic E-state index is -0.900. The molecular formula is C25H26BrN3O4S2. The van der Waals surface area contributed by atoms with E-state index in [1.54, 1.807) is 24.3 Å². The number of halogens is 1. The third-order valence-corrected chi connectivity index (χ3v) is 7.82. The van der Waals surface area contributed by atoms with E-state index in [1.807, 2.05) is 41.8 Å². The van der Waals surface area contributed by atoms with E-state index in [9.17, 15) is 9.90 Å². The van der Waals surface area contributed by atoms with Crippen molar-refractivity contribution in [3.8, 4) is 0 Å². The van der Waals surface area contributed by atoms with Crippen LogP contribution in [-0.2, 0) is 21.6 Å². The molecule has 1 saturated heterocycles. The van der Waals surface area contributed by atoms with Gasteiger partial charge >= 0.3 is 0 Å². The second-order valence-corrected chi connectivity index (χ2v) is 10.3. The Morgan fingerprint density at radius 1 is 1.23 bits per heavy atom. The summed E-state index contributed by atoms with van der Waals surface area (Å²) in [6, 6.07) is 18.8. The van der Waals surface area contributed by atoms with Crippen molar-refractivity contribution >= 4 is 50.5 Å². The highest BCUT2D eigenvalue weighted by atomic mass is 79.9. The second kappa shape index (κ2) is 12.2. The van der Waals surface area contributed by atoms with Gasteiger partial charge in [0.05, 0.1) is 25.9 Å². The molecule has 3 N–H and O–H groups in total. The van der Waals surface area contributed by atoms with Crippen LogP contribution in [0.1, 0.15) is 27.3 Å². The van der Waals surface area contributed by atoms with E-state index in [4.69, 9.17) is 21.7 Å². The maximum absolute atomic E-state index is 12.6. The number of thiazole rings is 1. The number of amides is 1. The number of ether oxygens (including phenoxy) is 2. The van der Waals surface area contributed by atoms with Gasteiger partial charge in [0.15, 0.2) is 5.11 Å². The molecule has 0 aliphatic carbocycles. The van der Waals surface area contributed by atoms with Crippen LogP contribution < -0.4 is 10.6 Å². The second-order valence-electron chi connectivity index (χ2n) is 8.27. The number of aliphatic hydroxyl groups is 1. The molecule has 0 radical (unpaired) electrons. The van der Waals surface area contributed by atoms with Gasteiger partial charge < -0.3 is 19.9 Å². The Hall–Kier alpha value is -2.21. The van der Waals surface area contributed by atoms with Crippen LogP contribution in [0.3, 0.4) is 0 Å². The van der Waals surface area contributed by atoms with Crippen LogP contribution in [0.4, 0.5) is 0 Å². The number of hydrogen-bond acceptors (Lipinski definition) is 7. The molecule has 1 aliphatic rings. The maximum atomic E-state index is 12.6. The molecule has 1 fully saturated rings. The van der Waals surface area contributed by atoms with Gasteiger partial charge in [-0.1, -0.05) is 48.5 Å². The Labute approximate surface area is 222 Å². The fraction of sp³-hybridized carbons (Fsp3) is 0.320. The van der Waals surface area contributed by atoms with Crippen molar-refractivity contribution in [2.24, 2.45) is 5.92 Å². The van der Waals surface area contributed by atoms with Crippen molar-refractivity contribution in [3.05, 3.63) is 86.8 Å². The summed E-state index contributed by atoms with van der Waals surface area (Å²) in [4.78, 5) is 17.2. The van der Waals surface area contributed by atoms with Crippen molar-refractivity contribution in [1.82, 2.24) is 15.6 Å². The summed E-state index contributed by atoms with van der Waals surface area (Å²) in [5.74, 6) is -0.589. The Balaban J connectivity index is 1.45. The lowest BCUT2D eigenvalue weighted by atomic mass is 9.79.